The average Bonchev–Trinajstić information content (AvgIpc) is 3.58. The summed E-state index contributed by atoms with van der Waals surface area (Å²) < 4.78 is 25.1. The SMILES string of the molecule is COc1ccc(C2(c3ccc(OC)cc3)C=Cc3c4c(c5cc(N6CCCCC6)c(-c6ccc(N7CCOCC7)cc6)cc5c3O2)-c2ccccc2C42CC(C)(C)CC(C)(C)C2)cc1. The molecule has 3 aliphatic heterocycles. The number of methoxy groups -OCH3 is 2. The summed E-state index contributed by atoms with van der Waals surface area (Å²) in [5.74, 6) is 2.58. The number of anilines is 2. The van der Waals surface area contributed by atoms with Gasteiger partial charge in [0, 0.05) is 70.6 Å². The van der Waals surface area contributed by atoms with E-state index in [0.29, 0.717) is 0 Å². The maximum Gasteiger partial charge on any atom is 0.178 e. The molecule has 6 heteroatoms. The third kappa shape index (κ3) is 6.69. The van der Waals surface area contributed by atoms with Gasteiger partial charge in [0.15, 0.2) is 5.60 Å². The van der Waals surface area contributed by atoms with E-state index in [1.807, 2.05) is 0 Å². The Kier molecular flexibility index (Phi) is 9.92. The number of hydrogen-bond donors (Lipinski definition) is 0. The second-order valence-electron chi connectivity index (χ2n) is 20.7. The second kappa shape index (κ2) is 15.5. The molecule has 0 bridgehead atoms. The molecule has 3 heterocycles. The Hall–Kier alpha value is -5.72. The first-order valence-electron chi connectivity index (χ1n) is 23.7. The van der Waals surface area contributed by atoms with Crippen LogP contribution in [-0.4, -0.2) is 53.6 Å². The van der Waals surface area contributed by atoms with Crippen LogP contribution in [0.4, 0.5) is 11.4 Å². The summed E-state index contributed by atoms with van der Waals surface area (Å²) >= 11 is 0. The molecule has 6 aromatic carbocycles. The van der Waals surface area contributed by atoms with Crippen LogP contribution in [0.5, 0.6) is 17.2 Å². The summed E-state index contributed by atoms with van der Waals surface area (Å²) in [6.45, 7) is 15.5. The lowest BCUT2D eigenvalue weighted by Crippen LogP contribution is -2.44. The predicted molar refractivity (Wildman–Crippen MR) is 263 cm³/mol. The van der Waals surface area contributed by atoms with Crippen LogP contribution < -0.4 is 24.0 Å². The van der Waals surface area contributed by atoms with Crippen LogP contribution in [0.25, 0.3) is 39.1 Å². The zero-order valence-electron chi connectivity index (χ0n) is 38.6. The molecule has 64 heavy (non-hydrogen) atoms. The fourth-order valence-corrected chi connectivity index (χ4v) is 13.1. The molecule has 328 valence electrons. The summed E-state index contributed by atoms with van der Waals surface area (Å²) in [7, 11) is 3.45. The first-order valence-corrected chi connectivity index (χ1v) is 23.7. The first-order chi connectivity index (χ1) is 31.0. The van der Waals surface area contributed by atoms with E-state index in [0.717, 1.165) is 86.0 Å². The molecule has 0 N–H and O–H groups in total. The van der Waals surface area contributed by atoms with E-state index < -0.39 is 5.60 Å². The van der Waals surface area contributed by atoms with E-state index in [4.69, 9.17) is 18.9 Å². The molecular weight excluding hydrogens is 789 g/mol. The zero-order chi connectivity index (χ0) is 43.8. The fraction of sp³-hybridized carbons (Fsp3) is 0.379. The van der Waals surface area contributed by atoms with Crippen LogP contribution in [0.2, 0.25) is 0 Å². The molecule has 2 aliphatic carbocycles. The van der Waals surface area contributed by atoms with E-state index in [9.17, 15) is 0 Å². The highest BCUT2D eigenvalue weighted by molar-refractivity contribution is 6.12. The highest BCUT2D eigenvalue weighted by Gasteiger charge is 2.55. The molecule has 2 saturated heterocycles. The van der Waals surface area contributed by atoms with Crippen molar-refractivity contribution in [1.82, 2.24) is 0 Å². The van der Waals surface area contributed by atoms with Crippen molar-refractivity contribution in [3.05, 3.63) is 143 Å². The average molecular weight is 851 g/mol. The Morgan fingerprint density at radius 2 is 1.22 bits per heavy atom. The van der Waals surface area contributed by atoms with Crippen LogP contribution in [0.3, 0.4) is 0 Å². The van der Waals surface area contributed by atoms with E-state index in [1.165, 1.54) is 81.4 Å². The number of benzene rings is 6. The molecule has 0 aromatic heterocycles. The summed E-state index contributed by atoms with van der Waals surface area (Å²) in [4.78, 5) is 5.11. The number of piperidine rings is 1. The molecule has 0 atom stereocenters. The minimum absolute atomic E-state index is 0.129. The Morgan fingerprint density at radius 3 is 1.84 bits per heavy atom. The summed E-state index contributed by atoms with van der Waals surface area (Å²) in [5.41, 5.74) is 13.2. The minimum atomic E-state index is -0.929. The summed E-state index contributed by atoms with van der Waals surface area (Å²) in [6, 6.07) is 40.6. The molecule has 3 fully saturated rings. The van der Waals surface area contributed by atoms with Gasteiger partial charge in [-0.2, -0.15) is 0 Å². The van der Waals surface area contributed by atoms with Crippen molar-refractivity contribution in [3.8, 4) is 39.5 Å². The molecule has 6 nitrogen and oxygen atoms in total. The third-order valence-electron chi connectivity index (χ3n) is 15.2. The third-order valence-corrected chi connectivity index (χ3v) is 15.2. The molecular formula is C58H62N2O4. The summed E-state index contributed by atoms with van der Waals surface area (Å²) in [6.07, 6.45) is 11.8. The lowest BCUT2D eigenvalue weighted by atomic mass is 9.52. The quantitative estimate of drug-likeness (QED) is 0.159. The molecule has 5 aliphatic rings. The van der Waals surface area contributed by atoms with E-state index in [1.54, 1.807) is 14.2 Å². The zero-order valence-corrected chi connectivity index (χ0v) is 38.6. The van der Waals surface area contributed by atoms with Gasteiger partial charge < -0.3 is 28.7 Å². The van der Waals surface area contributed by atoms with Crippen LogP contribution in [0.15, 0.2) is 115 Å². The molecule has 1 spiro atoms. The fourth-order valence-electron chi connectivity index (χ4n) is 13.1. The van der Waals surface area contributed by atoms with Crippen molar-refractivity contribution in [3.63, 3.8) is 0 Å². The van der Waals surface area contributed by atoms with Crippen LogP contribution >= 0.6 is 0 Å². The largest absolute Gasteiger partial charge is 0.497 e. The molecule has 11 rings (SSSR count). The van der Waals surface area contributed by atoms with Gasteiger partial charge in [0.2, 0.25) is 0 Å². The number of fused-ring (bicyclic) bond motifs is 10. The highest BCUT2D eigenvalue weighted by Crippen LogP contribution is 2.67. The Balaban J connectivity index is 1.22. The predicted octanol–water partition coefficient (Wildman–Crippen LogP) is 13.2. The lowest BCUT2D eigenvalue weighted by Gasteiger charge is -2.52. The van der Waals surface area contributed by atoms with Gasteiger partial charge in [0.25, 0.3) is 0 Å². The van der Waals surface area contributed by atoms with Gasteiger partial charge in [0.05, 0.1) is 27.4 Å². The van der Waals surface area contributed by atoms with Crippen molar-refractivity contribution >= 4 is 28.2 Å². The monoisotopic (exact) mass is 850 g/mol. The minimum Gasteiger partial charge on any atom is -0.497 e. The van der Waals surface area contributed by atoms with Crippen LogP contribution in [0, 0.1) is 10.8 Å². The van der Waals surface area contributed by atoms with Crippen molar-refractivity contribution in [2.45, 2.75) is 77.2 Å². The highest BCUT2D eigenvalue weighted by atomic mass is 16.5. The Bertz CT molecular complexity index is 2690. The van der Waals surface area contributed by atoms with Gasteiger partial charge in [-0.05, 0) is 137 Å². The number of rotatable bonds is 7. The molecule has 0 radical (unpaired) electrons. The maximum atomic E-state index is 7.99. The van der Waals surface area contributed by atoms with Crippen LogP contribution in [-0.2, 0) is 15.8 Å². The van der Waals surface area contributed by atoms with E-state index in [-0.39, 0.29) is 16.2 Å². The topological polar surface area (TPSA) is 43.4 Å². The lowest BCUT2D eigenvalue weighted by molar-refractivity contribution is 0.0642. The molecule has 1 saturated carbocycles. The van der Waals surface area contributed by atoms with Gasteiger partial charge >= 0.3 is 0 Å². The van der Waals surface area contributed by atoms with Crippen LogP contribution in [0.1, 0.15) is 94.0 Å². The molecule has 6 aromatic rings. The van der Waals surface area contributed by atoms with Gasteiger partial charge in [0.1, 0.15) is 17.2 Å². The standard InChI is InChI=1S/C58H62N2O4/c1-55(2)36-56(3,4)38-57(37-55)50-13-9-8-12-45(50)52-48-35-51(60-28-10-7-11-29-60)47(39-14-20-42(21-15-39)59-30-32-63-33-31-59)34-49(48)54-46(53(52)57)26-27-58(64-54,40-16-22-43(61-5)23-17-40)41-18-24-44(62-6)25-19-41/h8-9,12-27,34-35H,7,10-11,28-33,36-38H2,1-6H3. The first kappa shape index (κ1) is 41.0. The van der Waals surface area contributed by atoms with E-state index >= 15 is 0 Å². The normalized spacial score (nSPS) is 20.0. The number of morpholine rings is 1. The van der Waals surface area contributed by atoms with E-state index in [2.05, 4.69) is 159 Å². The number of hydrogen-bond acceptors (Lipinski definition) is 6. The smallest absolute Gasteiger partial charge is 0.178 e. The van der Waals surface area contributed by atoms with Gasteiger partial charge in [-0.15, -0.1) is 0 Å². The molecule has 0 amide bonds. The van der Waals surface area contributed by atoms with Crippen molar-refractivity contribution in [2.24, 2.45) is 10.8 Å². The van der Waals surface area contributed by atoms with Gasteiger partial charge in [-0.3, -0.25) is 0 Å². The van der Waals surface area contributed by atoms with Gasteiger partial charge in [-0.1, -0.05) is 94.4 Å². The van der Waals surface area contributed by atoms with Crippen molar-refractivity contribution in [2.75, 3.05) is 63.4 Å². The molecule has 0 unspecified atom stereocenters. The summed E-state index contributed by atoms with van der Waals surface area (Å²) in [5, 5.41) is 2.43. The number of ether oxygens (including phenoxy) is 4. The van der Waals surface area contributed by atoms with Crippen molar-refractivity contribution < 1.29 is 18.9 Å². The number of nitrogens with zero attached hydrogens (tertiary/aromatic N) is 2. The maximum absolute atomic E-state index is 7.99. The Morgan fingerprint density at radius 1 is 0.594 bits per heavy atom. The van der Waals surface area contributed by atoms with Crippen molar-refractivity contribution in [1.29, 1.82) is 0 Å². The van der Waals surface area contributed by atoms with Gasteiger partial charge in [-0.25, -0.2) is 0 Å². The second-order valence-corrected chi connectivity index (χ2v) is 20.7. The Labute approximate surface area is 379 Å².